The van der Waals surface area contributed by atoms with Crippen LogP contribution in [0.15, 0.2) is 36.7 Å². The Morgan fingerprint density at radius 2 is 2.17 bits per heavy atom. The Labute approximate surface area is 104 Å². The number of carbonyl (C=O) groups excluding carboxylic acids is 1. The minimum atomic E-state index is -0.363. The summed E-state index contributed by atoms with van der Waals surface area (Å²) in [7, 11) is 1.35. The van der Waals surface area contributed by atoms with Crippen molar-refractivity contribution in [3.63, 3.8) is 0 Å². The van der Waals surface area contributed by atoms with E-state index in [1.165, 1.54) is 7.11 Å². The number of hydrogen-bond acceptors (Lipinski definition) is 3. The zero-order valence-electron chi connectivity index (χ0n) is 9.88. The van der Waals surface area contributed by atoms with Crippen molar-refractivity contribution in [2.45, 2.75) is 6.42 Å². The van der Waals surface area contributed by atoms with Crippen LogP contribution in [0, 0.1) is 11.3 Å². The van der Waals surface area contributed by atoms with Gasteiger partial charge in [-0.15, -0.1) is 0 Å². The molecular weight excluding hydrogens is 230 g/mol. The molecule has 0 atom stereocenters. The van der Waals surface area contributed by atoms with Crippen LogP contribution in [-0.4, -0.2) is 18.1 Å². The van der Waals surface area contributed by atoms with Gasteiger partial charge in [-0.3, -0.25) is 0 Å². The lowest BCUT2D eigenvalue weighted by molar-refractivity contribution is -0.602. The average molecular weight is 242 g/mol. The Morgan fingerprint density at radius 3 is 2.78 bits per heavy atom. The molecule has 5 nitrogen and oxygen atoms in total. The Hall–Kier alpha value is -2.61. The van der Waals surface area contributed by atoms with E-state index in [0.717, 1.165) is 11.5 Å². The lowest BCUT2D eigenvalue weighted by Crippen LogP contribution is -2.32. The van der Waals surface area contributed by atoms with Gasteiger partial charge in [-0.25, -0.2) is 9.78 Å². The number of nitrogens with zero attached hydrogens (tertiary/aromatic N) is 2. The number of nitrogens with one attached hydrogen (secondary N) is 1. The lowest BCUT2D eigenvalue weighted by Gasteiger charge is -2.01. The fourth-order valence-corrected chi connectivity index (χ4v) is 1.70. The quantitative estimate of drug-likeness (QED) is 0.648. The summed E-state index contributed by atoms with van der Waals surface area (Å²) >= 11 is 0. The predicted molar refractivity (Wildman–Crippen MR) is 63.0 cm³/mol. The summed E-state index contributed by atoms with van der Waals surface area (Å²) in [4.78, 5) is 14.3. The van der Waals surface area contributed by atoms with Gasteiger partial charge in [0.05, 0.1) is 18.7 Å². The molecule has 1 aromatic carbocycles. The highest BCUT2D eigenvalue weighted by atomic mass is 16.5. The van der Waals surface area contributed by atoms with E-state index in [4.69, 9.17) is 5.26 Å². The van der Waals surface area contributed by atoms with Gasteiger partial charge in [-0.2, -0.15) is 9.83 Å². The summed E-state index contributed by atoms with van der Waals surface area (Å²) in [6.07, 6.45) is 3.90. The molecule has 1 N–H and O–H groups in total. The molecule has 0 radical (unpaired) electrons. The van der Waals surface area contributed by atoms with Crippen LogP contribution in [0.2, 0.25) is 0 Å². The smallest absolute Gasteiger partial charge is 0.337 e. The summed E-state index contributed by atoms with van der Waals surface area (Å²) in [5.74, 6) is 0.432. The second-order valence-corrected chi connectivity index (χ2v) is 3.65. The number of methoxy groups -OCH3 is 1. The van der Waals surface area contributed by atoms with E-state index in [0.29, 0.717) is 12.0 Å². The van der Waals surface area contributed by atoms with Crippen molar-refractivity contribution < 1.29 is 14.1 Å². The van der Waals surface area contributed by atoms with Crippen molar-refractivity contribution in [2.24, 2.45) is 0 Å². The van der Waals surface area contributed by atoms with E-state index in [2.05, 4.69) is 15.8 Å². The molecule has 18 heavy (non-hydrogen) atoms. The van der Waals surface area contributed by atoms with Crippen LogP contribution in [0.5, 0.6) is 0 Å². The molecule has 0 amide bonds. The van der Waals surface area contributed by atoms with Gasteiger partial charge in [0.15, 0.2) is 0 Å². The van der Waals surface area contributed by atoms with Gasteiger partial charge in [-0.05, 0) is 24.3 Å². The number of nitriles is 1. The van der Waals surface area contributed by atoms with Crippen LogP contribution in [0.4, 0.5) is 0 Å². The second kappa shape index (κ2) is 5.15. The third-order valence-corrected chi connectivity index (χ3v) is 2.58. The van der Waals surface area contributed by atoms with Gasteiger partial charge in [0.25, 0.3) is 5.82 Å². The van der Waals surface area contributed by atoms with Crippen molar-refractivity contribution in [1.29, 1.82) is 5.26 Å². The van der Waals surface area contributed by atoms with Crippen LogP contribution in [0.25, 0.3) is 5.69 Å². The molecular formula is C13H12N3O2+. The van der Waals surface area contributed by atoms with Crippen LogP contribution >= 0.6 is 0 Å². The number of ether oxygens (including phenoxy) is 1. The van der Waals surface area contributed by atoms with Crippen LogP contribution in [0.3, 0.4) is 0 Å². The van der Waals surface area contributed by atoms with Crippen LogP contribution in [-0.2, 0) is 11.2 Å². The molecule has 90 valence electrons. The van der Waals surface area contributed by atoms with E-state index >= 15 is 0 Å². The SMILES string of the molecule is COC(=O)c1ccc(-[n+]2cc[nH]c2CC#N)cc1. The van der Waals surface area contributed by atoms with Gasteiger partial charge in [0.1, 0.15) is 24.5 Å². The predicted octanol–water partition coefficient (Wildman–Crippen LogP) is 1.14. The maximum Gasteiger partial charge on any atom is 0.337 e. The molecule has 5 heteroatoms. The lowest BCUT2D eigenvalue weighted by atomic mass is 10.2. The van der Waals surface area contributed by atoms with Crippen LogP contribution in [0.1, 0.15) is 16.2 Å². The number of aromatic amines is 1. The van der Waals surface area contributed by atoms with E-state index in [1.807, 2.05) is 10.8 Å². The monoisotopic (exact) mass is 242 g/mol. The first-order valence-corrected chi connectivity index (χ1v) is 5.40. The molecule has 0 aliphatic heterocycles. The minimum Gasteiger partial charge on any atom is -0.465 e. The fourth-order valence-electron chi connectivity index (χ4n) is 1.70. The zero-order valence-corrected chi connectivity index (χ0v) is 9.88. The van der Waals surface area contributed by atoms with E-state index < -0.39 is 0 Å². The molecule has 0 saturated heterocycles. The first-order chi connectivity index (χ1) is 8.76. The summed E-state index contributed by atoms with van der Waals surface area (Å²) in [5.41, 5.74) is 1.38. The highest BCUT2D eigenvalue weighted by Gasteiger charge is 2.13. The van der Waals surface area contributed by atoms with Gasteiger partial charge >= 0.3 is 5.97 Å². The Kier molecular flexibility index (Phi) is 3.39. The summed E-state index contributed by atoms with van der Waals surface area (Å²) in [5, 5.41) is 8.71. The Morgan fingerprint density at radius 1 is 1.44 bits per heavy atom. The molecule has 0 fully saturated rings. The third kappa shape index (κ3) is 2.23. The fraction of sp³-hybridized carbons (Fsp3) is 0.154. The number of benzene rings is 1. The van der Waals surface area contributed by atoms with Crippen molar-refractivity contribution in [2.75, 3.05) is 7.11 Å². The number of hydrogen-bond donors (Lipinski definition) is 1. The van der Waals surface area contributed by atoms with Gasteiger partial charge in [0.2, 0.25) is 0 Å². The molecule has 1 heterocycles. The minimum absolute atomic E-state index is 0.297. The second-order valence-electron chi connectivity index (χ2n) is 3.65. The van der Waals surface area contributed by atoms with Crippen molar-refractivity contribution in [3.8, 4) is 11.8 Å². The Bertz CT molecular complexity index is 593. The number of rotatable bonds is 3. The average Bonchev–Trinajstić information content (AvgIpc) is 2.87. The first-order valence-electron chi connectivity index (χ1n) is 5.40. The molecule has 2 rings (SSSR count). The zero-order chi connectivity index (χ0) is 13.0. The third-order valence-electron chi connectivity index (χ3n) is 2.58. The maximum absolute atomic E-state index is 11.3. The number of imidazole rings is 1. The van der Waals surface area contributed by atoms with Crippen molar-refractivity contribution >= 4 is 5.97 Å². The van der Waals surface area contributed by atoms with E-state index in [1.54, 1.807) is 30.5 Å². The number of aromatic nitrogens is 2. The van der Waals surface area contributed by atoms with E-state index in [9.17, 15) is 4.79 Å². The molecule has 0 unspecified atom stereocenters. The largest absolute Gasteiger partial charge is 0.465 e. The van der Waals surface area contributed by atoms with E-state index in [-0.39, 0.29) is 5.97 Å². The highest BCUT2D eigenvalue weighted by molar-refractivity contribution is 5.89. The Balaban J connectivity index is 2.32. The maximum atomic E-state index is 11.3. The van der Waals surface area contributed by atoms with Gasteiger partial charge in [-0.1, -0.05) is 0 Å². The summed E-state index contributed by atoms with van der Waals surface area (Å²) < 4.78 is 6.50. The van der Waals surface area contributed by atoms with Crippen LogP contribution < -0.4 is 4.57 Å². The standard InChI is InChI=1S/C13H11N3O2/c1-18-13(17)10-2-4-11(5-3-10)16-9-8-15-12(16)6-7-14/h2-5,8-9H,6H2,1H3/p+1. The topological polar surface area (TPSA) is 69.8 Å². The van der Waals surface area contributed by atoms with Crippen molar-refractivity contribution in [3.05, 3.63) is 48.0 Å². The number of esters is 1. The summed E-state index contributed by atoms with van der Waals surface area (Å²) in [6.45, 7) is 0. The molecule has 0 bridgehead atoms. The summed E-state index contributed by atoms with van der Waals surface area (Å²) in [6, 6.07) is 9.09. The normalized spacial score (nSPS) is 9.78. The molecule has 0 aliphatic rings. The van der Waals surface area contributed by atoms with Crippen molar-refractivity contribution in [1.82, 2.24) is 4.98 Å². The van der Waals surface area contributed by atoms with Gasteiger partial charge in [0, 0.05) is 0 Å². The van der Waals surface area contributed by atoms with Gasteiger partial charge < -0.3 is 4.74 Å². The molecule has 0 saturated carbocycles. The number of carbonyl (C=O) groups is 1. The first kappa shape index (κ1) is 11.9. The molecule has 1 aromatic heterocycles. The molecule has 0 spiro atoms. The molecule has 0 aliphatic carbocycles. The molecule has 2 aromatic rings. The number of H-pyrrole nitrogens is 1. The highest BCUT2D eigenvalue weighted by Crippen LogP contribution is 2.06.